The number of carbonyl (C=O) groups is 1. The lowest BCUT2D eigenvalue weighted by Gasteiger charge is -2.24. The van der Waals surface area contributed by atoms with Crippen LogP contribution >= 0.6 is 0 Å². The second-order valence-corrected chi connectivity index (χ2v) is 7.58. The topological polar surface area (TPSA) is 77.7 Å². The molecule has 7 heteroatoms. The standard InChI is InChI=1S/C20H24FN3O3/c1-20(2,3)27-19(25)24-9-8-16(12-24)26-18-17(10-15(22)11-23-18)13-4-6-14(21)7-5-13/h4-7,10-11,16H,8-9,12,22H2,1-3H3/t16-/m0/s1. The van der Waals surface area contributed by atoms with Crippen LogP contribution in [0.25, 0.3) is 11.1 Å². The van der Waals surface area contributed by atoms with Crippen LogP contribution in [0.3, 0.4) is 0 Å². The Hall–Kier alpha value is -2.83. The van der Waals surface area contributed by atoms with Crippen LogP contribution in [0.2, 0.25) is 0 Å². The van der Waals surface area contributed by atoms with Gasteiger partial charge in [-0.3, -0.25) is 0 Å². The SMILES string of the molecule is CC(C)(C)OC(=O)N1CC[C@H](Oc2ncc(N)cc2-c2ccc(F)cc2)C1. The summed E-state index contributed by atoms with van der Waals surface area (Å²) in [5, 5.41) is 0. The molecule has 1 saturated heterocycles. The monoisotopic (exact) mass is 373 g/mol. The molecule has 27 heavy (non-hydrogen) atoms. The zero-order valence-corrected chi connectivity index (χ0v) is 15.7. The molecule has 0 saturated carbocycles. The number of ether oxygens (including phenoxy) is 2. The molecule has 2 heterocycles. The predicted molar refractivity (Wildman–Crippen MR) is 101 cm³/mol. The van der Waals surface area contributed by atoms with E-state index >= 15 is 0 Å². The van der Waals surface area contributed by atoms with E-state index in [2.05, 4.69) is 4.98 Å². The van der Waals surface area contributed by atoms with E-state index < -0.39 is 5.60 Å². The largest absolute Gasteiger partial charge is 0.472 e. The lowest BCUT2D eigenvalue weighted by atomic mass is 10.1. The van der Waals surface area contributed by atoms with Gasteiger partial charge in [0.05, 0.1) is 18.4 Å². The van der Waals surface area contributed by atoms with Crippen LogP contribution in [0.4, 0.5) is 14.9 Å². The Morgan fingerprint density at radius 2 is 2.00 bits per heavy atom. The van der Waals surface area contributed by atoms with Gasteiger partial charge in [-0.1, -0.05) is 12.1 Å². The van der Waals surface area contributed by atoms with Gasteiger partial charge in [0, 0.05) is 18.5 Å². The van der Waals surface area contributed by atoms with Gasteiger partial charge < -0.3 is 20.1 Å². The maximum atomic E-state index is 13.2. The first-order valence-electron chi connectivity index (χ1n) is 8.87. The molecule has 1 aliphatic heterocycles. The minimum atomic E-state index is -0.537. The van der Waals surface area contributed by atoms with Crippen LogP contribution in [0, 0.1) is 5.82 Å². The number of hydrogen-bond acceptors (Lipinski definition) is 5. The van der Waals surface area contributed by atoms with E-state index in [1.54, 1.807) is 23.1 Å². The lowest BCUT2D eigenvalue weighted by Crippen LogP contribution is -2.36. The third-order valence-corrected chi connectivity index (χ3v) is 4.10. The zero-order valence-electron chi connectivity index (χ0n) is 15.7. The maximum Gasteiger partial charge on any atom is 0.410 e. The molecule has 1 aromatic heterocycles. The predicted octanol–water partition coefficient (Wildman–Crippen LogP) is 3.86. The van der Waals surface area contributed by atoms with E-state index in [9.17, 15) is 9.18 Å². The summed E-state index contributed by atoms with van der Waals surface area (Å²) in [6.45, 7) is 6.48. The van der Waals surface area contributed by atoms with Crippen molar-refractivity contribution in [1.29, 1.82) is 0 Å². The Labute approximate surface area is 158 Å². The van der Waals surface area contributed by atoms with Crippen LogP contribution < -0.4 is 10.5 Å². The number of anilines is 1. The fraction of sp³-hybridized carbons (Fsp3) is 0.400. The van der Waals surface area contributed by atoms with Gasteiger partial charge in [0.25, 0.3) is 0 Å². The van der Waals surface area contributed by atoms with Crippen molar-refractivity contribution in [2.24, 2.45) is 0 Å². The van der Waals surface area contributed by atoms with Crippen molar-refractivity contribution >= 4 is 11.8 Å². The van der Waals surface area contributed by atoms with E-state index in [1.165, 1.54) is 18.3 Å². The Morgan fingerprint density at radius 1 is 1.30 bits per heavy atom. The fourth-order valence-corrected chi connectivity index (χ4v) is 2.87. The molecule has 0 bridgehead atoms. The van der Waals surface area contributed by atoms with Gasteiger partial charge in [0.1, 0.15) is 17.5 Å². The van der Waals surface area contributed by atoms with Gasteiger partial charge in [-0.05, 0) is 44.5 Å². The maximum absolute atomic E-state index is 13.2. The second kappa shape index (κ2) is 7.42. The summed E-state index contributed by atoms with van der Waals surface area (Å²) in [6, 6.07) is 7.81. The van der Waals surface area contributed by atoms with E-state index in [1.807, 2.05) is 20.8 Å². The first kappa shape index (κ1) is 18.9. The number of halogens is 1. The third-order valence-electron chi connectivity index (χ3n) is 4.10. The Kier molecular flexibility index (Phi) is 5.21. The first-order valence-corrected chi connectivity index (χ1v) is 8.87. The summed E-state index contributed by atoms with van der Waals surface area (Å²) in [5.74, 6) is 0.0914. The van der Waals surface area contributed by atoms with Crippen molar-refractivity contribution in [2.45, 2.75) is 38.9 Å². The molecular weight excluding hydrogens is 349 g/mol. The number of benzene rings is 1. The number of nitrogens with zero attached hydrogens (tertiary/aromatic N) is 2. The smallest absolute Gasteiger partial charge is 0.410 e. The highest BCUT2D eigenvalue weighted by Gasteiger charge is 2.31. The van der Waals surface area contributed by atoms with Crippen LogP contribution in [0.1, 0.15) is 27.2 Å². The Morgan fingerprint density at radius 3 is 2.67 bits per heavy atom. The van der Waals surface area contributed by atoms with Crippen LogP contribution in [-0.2, 0) is 4.74 Å². The summed E-state index contributed by atoms with van der Waals surface area (Å²) >= 11 is 0. The highest BCUT2D eigenvalue weighted by Crippen LogP contribution is 2.31. The molecule has 0 radical (unpaired) electrons. The quantitative estimate of drug-likeness (QED) is 0.884. The summed E-state index contributed by atoms with van der Waals surface area (Å²) in [6.07, 6.45) is 1.64. The molecule has 1 aliphatic rings. The second-order valence-electron chi connectivity index (χ2n) is 7.58. The molecule has 1 aromatic carbocycles. The number of rotatable bonds is 3. The summed E-state index contributed by atoms with van der Waals surface area (Å²) < 4.78 is 24.7. The van der Waals surface area contributed by atoms with Crippen LogP contribution in [0.5, 0.6) is 5.88 Å². The minimum Gasteiger partial charge on any atom is -0.472 e. The zero-order chi connectivity index (χ0) is 19.6. The van der Waals surface area contributed by atoms with Crippen molar-refractivity contribution in [3.05, 3.63) is 42.3 Å². The summed E-state index contributed by atoms with van der Waals surface area (Å²) in [5.41, 5.74) is 7.26. The molecule has 0 unspecified atom stereocenters. The number of aromatic nitrogens is 1. The molecule has 6 nitrogen and oxygen atoms in total. The number of amides is 1. The molecular formula is C20H24FN3O3. The molecule has 1 atom stereocenters. The summed E-state index contributed by atoms with van der Waals surface area (Å²) in [4.78, 5) is 18.1. The van der Waals surface area contributed by atoms with Gasteiger partial charge in [0.2, 0.25) is 5.88 Å². The van der Waals surface area contributed by atoms with E-state index in [0.29, 0.717) is 36.6 Å². The average Bonchev–Trinajstić information content (AvgIpc) is 3.04. The average molecular weight is 373 g/mol. The third kappa shape index (κ3) is 4.87. The normalized spacial score (nSPS) is 17.0. The fourth-order valence-electron chi connectivity index (χ4n) is 2.87. The summed E-state index contributed by atoms with van der Waals surface area (Å²) in [7, 11) is 0. The number of hydrogen-bond donors (Lipinski definition) is 1. The molecule has 0 aliphatic carbocycles. The number of nitrogen functional groups attached to an aromatic ring is 1. The van der Waals surface area contributed by atoms with Crippen molar-refractivity contribution in [2.75, 3.05) is 18.8 Å². The number of pyridine rings is 1. The van der Waals surface area contributed by atoms with E-state index in [-0.39, 0.29) is 18.0 Å². The number of carbonyl (C=O) groups excluding carboxylic acids is 1. The molecule has 1 amide bonds. The van der Waals surface area contributed by atoms with Crippen molar-refractivity contribution in [3.8, 4) is 17.0 Å². The van der Waals surface area contributed by atoms with Crippen molar-refractivity contribution in [1.82, 2.24) is 9.88 Å². The lowest BCUT2D eigenvalue weighted by molar-refractivity contribution is 0.0275. The molecule has 144 valence electrons. The van der Waals surface area contributed by atoms with Crippen LogP contribution in [0.15, 0.2) is 36.5 Å². The van der Waals surface area contributed by atoms with Gasteiger partial charge in [-0.25, -0.2) is 14.2 Å². The van der Waals surface area contributed by atoms with Crippen LogP contribution in [-0.4, -0.2) is 40.8 Å². The highest BCUT2D eigenvalue weighted by molar-refractivity contribution is 5.72. The molecule has 2 aromatic rings. The molecule has 3 rings (SSSR count). The van der Waals surface area contributed by atoms with Crippen molar-refractivity contribution < 1.29 is 18.7 Å². The van der Waals surface area contributed by atoms with Gasteiger partial charge in [0.15, 0.2) is 0 Å². The van der Waals surface area contributed by atoms with Gasteiger partial charge >= 0.3 is 6.09 Å². The molecule has 1 fully saturated rings. The van der Waals surface area contributed by atoms with E-state index in [0.717, 1.165) is 5.56 Å². The Bertz CT molecular complexity index is 818. The van der Waals surface area contributed by atoms with Crippen molar-refractivity contribution in [3.63, 3.8) is 0 Å². The van der Waals surface area contributed by atoms with Gasteiger partial charge in [-0.15, -0.1) is 0 Å². The number of likely N-dealkylation sites (tertiary alicyclic amines) is 1. The Balaban J connectivity index is 1.73. The number of nitrogens with two attached hydrogens (primary N) is 1. The molecule has 2 N–H and O–H groups in total. The molecule has 0 spiro atoms. The first-order chi connectivity index (χ1) is 12.7. The van der Waals surface area contributed by atoms with Gasteiger partial charge in [-0.2, -0.15) is 0 Å². The minimum absolute atomic E-state index is 0.201. The highest BCUT2D eigenvalue weighted by atomic mass is 19.1. The van der Waals surface area contributed by atoms with E-state index in [4.69, 9.17) is 15.2 Å².